The van der Waals surface area contributed by atoms with E-state index in [9.17, 15) is 10.2 Å². The van der Waals surface area contributed by atoms with Gasteiger partial charge < -0.3 is 10.2 Å². The van der Waals surface area contributed by atoms with Gasteiger partial charge in [-0.2, -0.15) is 0 Å². The van der Waals surface area contributed by atoms with Crippen LogP contribution in [0.1, 0.15) is 0 Å². The lowest BCUT2D eigenvalue weighted by Crippen LogP contribution is -2.24. The lowest BCUT2D eigenvalue weighted by atomic mass is 10.3. The highest BCUT2D eigenvalue weighted by atomic mass is 35.5. The van der Waals surface area contributed by atoms with Crippen LogP contribution in [0.5, 0.6) is 0 Å². The molecule has 0 spiro atoms. The van der Waals surface area contributed by atoms with E-state index in [0.29, 0.717) is 23.1 Å². The molecule has 100 valence electrons. The summed E-state index contributed by atoms with van der Waals surface area (Å²) in [5.74, 6) is 0.847. The number of aliphatic hydroxyl groups excluding tert-OH is 2. The third-order valence-electron chi connectivity index (χ3n) is 2.89. The lowest BCUT2D eigenvalue weighted by molar-refractivity contribution is 0.0572. The van der Waals surface area contributed by atoms with Crippen LogP contribution in [0.3, 0.4) is 0 Å². The maximum atomic E-state index is 9.43. The van der Waals surface area contributed by atoms with Crippen molar-refractivity contribution in [3.8, 4) is 0 Å². The van der Waals surface area contributed by atoms with Gasteiger partial charge in [-0.3, -0.25) is 4.90 Å². The Kier molecular flexibility index (Phi) is 5.18. The van der Waals surface area contributed by atoms with Gasteiger partial charge in [0.1, 0.15) is 0 Å². The summed E-state index contributed by atoms with van der Waals surface area (Å²) < 4.78 is 0. The Morgan fingerprint density at radius 1 is 1.22 bits per heavy atom. The summed E-state index contributed by atoms with van der Waals surface area (Å²) in [6, 6.07) is 5.40. The van der Waals surface area contributed by atoms with Crippen molar-refractivity contribution in [2.24, 2.45) is 0 Å². The van der Waals surface area contributed by atoms with Crippen LogP contribution in [0.2, 0.25) is 10.0 Å². The Balaban J connectivity index is 1.80. The number of hydrogen-bond acceptors (Lipinski definition) is 4. The Morgan fingerprint density at radius 3 is 2.56 bits per heavy atom. The molecule has 2 N–H and O–H groups in total. The zero-order valence-electron chi connectivity index (χ0n) is 9.72. The second-order valence-electron chi connectivity index (χ2n) is 4.32. The Morgan fingerprint density at radius 2 is 1.89 bits per heavy atom. The molecular weight excluding hydrogens is 293 g/mol. The summed E-state index contributed by atoms with van der Waals surface area (Å²) in [6.45, 7) is 1.87. The summed E-state index contributed by atoms with van der Waals surface area (Å²) in [4.78, 5) is 3.00. The normalized spacial score (nSPS) is 24.7. The Hall–Kier alpha value is 0.0300. The van der Waals surface area contributed by atoms with Crippen molar-refractivity contribution in [3.05, 3.63) is 28.2 Å². The van der Waals surface area contributed by atoms with Crippen LogP contribution in [0.25, 0.3) is 0 Å². The Labute approximate surface area is 121 Å². The SMILES string of the molecule is OC1CN(CCSc2cc(Cl)ccc2Cl)CC1O. The molecule has 2 atom stereocenters. The first kappa shape index (κ1) is 14.4. The number of likely N-dealkylation sites (tertiary alicyclic amines) is 1. The van der Waals surface area contributed by atoms with Gasteiger partial charge >= 0.3 is 0 Å². The van der Waals surface area contributed by atoms with Gasteiger partial charge in [0, 0.05) is 35.3 Å². The molecule has 2 unspecified atom stereocenters. The molecule has 0 bridgehead atoms. The monoisotopic (exact) mass is 307 g/mol. The fourth-order valence-electron chi connectivity index (χ4n) is 1.90. The number of hydrogen-bond donors (Lipinski definition) is 2. The predicted octanol–water partition coefficient (Wildman–Crippen LogP) is 2.12. The first-order valence-corrected chi connectivity index (χ1v) is 7.47. The standard InChI is InChI=1S/C12H15Cl2NO2S/c13-8-1-2-9(14)12(5-8)18-4-3-15-6-10(16)11(17)7-15/h1-2,5,10-11,16-17H,3-4,6-7H2. The highest BCUT2D eigenvalue weighted by Crippen LogP contribution is 2.29. The van der Waals surface area contributed by atoms with Gasteiger partial charge in [0.2, 0.25) is 0 Å². The molecule has 6 heteroatoms. The van der Waals surface area contributed by atoms with Crippen LogP contribution < -0.4 is 0 Å². The number of benzene rings is 1. The predicted molar refractivity (Wildman–Crippen MR) is 75.6 cm³/mol. The second-order valence-corrected chi connectivity index (χ2v) is 6.30. The molecule has 0 saturated carbocycles. The van der Waals surface area contributed by atoms with Gasteiger partial charge in [-0.15, -0.1) is 11.8 Å². The molecular formula is C12H15Cl2NO2S. The molecule has 1 aliphatic heterocycles. The van der Waals surface area contributed by atoms with Gasteiger partial charge in [-0.1, -0.05) is 23.2 Å². The van der Waals surface area contributed by atoms with E-state index in [4.69, 9.17) is 23.2 Å². The highest BCUT2D eigenvalue weighted by Gasteiger charge is 2.28. The Bertz CT molecular complexity index is 409. The van der Waals surface area contributed by atoms with Crippen LogP contribution >= 0.6 is 35.0 Å². The molecule has 0 aromatic heterocycles. The first-order chi connectivity index (χ1) is 8.56. The topological polar surface area (TPSA) is 43.7 Å². The smallest absolute Gasteiger partial charge is 0.0938 e. The number of halogens is 2. The van der Waals surface area contributed by atoms with Crippen molar-refractivity contribution in [1.29, 1.82) is 0 Å². The lowest BCUT2D eigenvalue weighted by Gasteiger charge is -2.14. The molecule has 3 nitrogen and oxygen atoms in total. The maximum Gasteiger partial charge on any atom is 0.0938 e. The second kappa shape index (κ2) is 6.46. The maximum absolute atomic E-state index is 9.43. The van der Waals surface area contributed by atoms with Crippen molar-refractivity contribution in [2.75, 3.05) is 25.4 Å². The van der Waals surface area contributed by atoms with E-state index in [-0.39, 0.29) is 0 Å². The number of rotatable bonds is 4. The molecule has 0 radical (unpaired) electrons. The average Bonchev–Trinajstić information content (AvgIpc) is 2.63. The van der Waals surface area contributed by atoms with Gasteiger partial charge in [0.25, 0.3) is 0 Å². The van der Waals surface area contributed by atoms with Crippen LogP contribution in [0.4, 0.5) is 0 Å². The number of thioether (sulfide) groups is 1. The van der Waals surface area contributed by atoms with Crippen molar-refractivity contribution in [1.82, 2.24) is 4.90 Å². The summed E-state index contributed by atoms with van der Waals surface area (Å²) in [7, 11) is 0. The minimum absolute atomic E-state index is 0.533. The molecule has 1 saturated heterocycles. The van der Waals surface area contributed by atoms with Gasteiger partial charge in [-0.25, -0.2) is 0 Å². The molecule has 1 aliphatic rings. The highest BCUT2D eigenvalue weighted by molar-refractivity contribution is 7.99. The van der Waals surface area contributed by atoms with E-state index in [1.165, 1.54) is 0 Å². The molecule has 18 heavy (non-hydrogen) atoms. The van der Waals surface area contributed by atoms with Gasteiger partial charge in [0.05, 0.1) is 17.2 Å². The van der Waals surface area contributed by atoms with E-state index < -0.39 is 12.2 Å². The van der Waals surface area contributed by atoms with E-state index in [0.717, 1.165) is 17.2 Å². The third-order valence-corrected chi connectivity index (χ3v) is 4.61. The van der Waals surface area contributed by atoms with Crippen LogP contribution in [0.15, 0.2) is 23.1 Å². The number of nitrogens with zero attached hydrogens (tertiary/aromatic N) is 1. The van der Waals surface area contributed by atoms with Gasteiger partial charge in [-0.05, 0) is 18.2 Å². The fourth-order valence-corrected chi connectivity index (χ4v) is 3.41. The molecule has 0 aliphatic carbocycles. The minimum Gasteiger partial charge on any atom is -0.389 e. The molecule has 2 rings (SSSR count). The minimum atomic E-state index is -0.621. The van der Waals surface area contributed by atoms with Crippen molar-refractivity contribution >= 4 is 35.0 Å². The zero-order chi connectivity index (χ0) is 13.1. The number of aliphatic hydroxyl groups is 2. The summed E-state index contributed by atoms with van der Waals surface area (Å²) in [5.41, 5.74) is 0. The zero-order valence-corrected chi connectivity index (χ0v) is 12.0. The van der Waals surface area contributed by atoms with E-state index in [1.54, 1.807) is 23.9 Å². The van der Waals surface area contributed by atoms with E-state index >= 15 is 0 Å². The summed E-state index contributed by atoms with van der Waals surface area (Å²) >= 11 is 13.6. The van der Waals surface area contributed by atoms with Crippen LogP contribution in [0, 0.1) is 0 Å². The van der Waals surface area contributed by atoms with Crippen molar-refractivity contribution in [2.45, 2.75) is 17.1 Å². The van der Waals surface area contributed by atoms with Crippen LogP contribution in [-0.2, 0) is 0 Å². The van der Waals surface area contributed by atoms with Crippen molar-refractivity contribution < 1.29 is 10.2 Å². The summed E-state index contributed by atoms with van der Waals surface area (Å²) in [6.07, 6.45) is -1.24. The van der Waals surface area contributed by atoms with Gasteiger partial charge in [0.15, 0.2) is 0 Å². The van der Waals surface area contributed by atoms with E-state index in [2.05, 4.69) is 0 Å². The molecule has 0 amide bonds. The molecule has 1 fully saturated rings. The largest absolute Gasteiger partial charge is 0.389 e. The van der Waals surface area contributed by atoms with E-state index in [1.807, 2.05) is 11.0 Å². The molecule has 1 aromatic carbocycles. The average molecular weight is 308 g/mol. The molecule has 1 aromatic rings. The third kappa shape index (κ3) is 3.76. The number of β-amino-alcohol motifs (C(OH)–C–C–N with tert-alkyl or cyclic N) is 2. The summed E-state index contributed by atoms with van der Waals surface area (Å²) in [5, 5.41) is 20.2. The first-order valence-electron chi connectivity index (χ1n) is 5.72. The van der Waals surface area contributed by atoms with Crippen LogP contribution in [-0.4, -0.2) is 52.7 Å². The fraction of sp³-hybridized carbons (Fsp3) is 0.500. The van der Waals surface area contributed by atoms with Crippen molar-refractivity contribution in [3.63, 3.8) is 0 Å². The molecule has 1 heterocycles. The quantitative estimate of drug-likeness (QED) is 0.836.